The number of nitrogens with one attached hydrogen (secondary N) is 1. The van der Waals surface area contributed by atoms with Gasteiger partial charge in [-0.05, 0) is 37.3 Å². The molecule has 1 aromatic rings. The Hall–Kier alpha value is -2.05. The summed E-state index contributed by atoms with van der Waals surface area (Å²) in [5, 5.41) is 2.89. The quantitative estimate of drug-likeness (QED) is 0.824. The summed E-state index contributed by atoms with van der Waals surface area (Å²) in [5.74, 6) is -4.85. The molecule has 1 fully saturated rings. The monoisotopic (exact) mass is 356 g/mol. The summed E-state index contributed by atoms with van der Waals surface area (Å²) in [7, 11) is 0. The number of piperidine rings is 1. The second kappa shape index (κ2) is 8.36. The molecule has 1 aliphatic heterocycles. The molecule has 1 heterocycles. The number of hydrogen-bond donors (Lipinski definition) is 1. The first-order valence-electron chi connectivity index (χ1n) is 8.51. The Labute approximate surface area is 145 Å². The molecule has 0 aromatic heterocycles. The molecule has 0 spiro atoms. The Morgan fingerprint density at radius 3 is 2.40 bits per heavy atom. The highest BCUT2D eigenvalue weighted by Gasteiger charge is 2.29. The Balaban J connectivity index is 1.90. The smallest absolute Gasteiger partial charge is 0.256 e. The Morgan fingerprint density at radius 1 is 1.16 bits per heavy atom. The molecular weight excluding hydrogens is 333 g/mol. The van der Waals surface area contributed by atoms with E-state index in [2.05, 4.69) is 19.2 Å². The zero-order valence-electron chi connectivity index (χ0n) is 14.4. The minimum absolute atomic E-state index is 0.0354. The molecule has 138 valence electrons. The summed E-state index contributed by atoms with van der Waals surface area (Å²) in [5.41, 5.74) is -0.487. The number of nitrogens with zero attached hydrogens (tertiary/aromatic N) is 1. The topological polar surface area (TPSA) is 49.4 Å². The number of carbonyl (C=O) groups excluding carboxylic acids is 2. The molecule has 4 nitrogen and oxygen atoms in total. The van der Waals surface area contributed by atoms with Crippen molar-refractivity contribution in [2.45, 2.75) is 33.1 Å². The van der Waals surface area contributed by atoms with E-state index < -0.39 is 28.9 Å². The molecule has 0 aliphatic carbocycles. The van der Waals surface area contributed by atoms with E-state index in [-0.39, 0.29) is 24.9 Å². The number of amides is 2. The highest BCUT2D eigenvalue weighted by Crippen LogP contribution is 2.22. The van der Waals surface area contributed by atoms with Gasteiger partial charge in [0.2, 0.25) is 5.91 Å². The number of carbonyl (C=O) groups is 2. The number of halogens is 3. The zero-order chi connectivity index (χ0) is 18.6. The summed E-state index contributed by atoms with van der Waals surface area (Å²) in [6.45, 7) is 5.33. The predicted octanol–water partition coefficient (Wildman–Crippen LogP) is 3.12. The van der Waals surface area contributed by atoms with E-state index in [4.69, 9.17) is 0 Å². The molecule has 0 saturated carbocycles. The van der Waals surface area contributed by atoms with Crippen molar-refractivity contribution in [3.63, 3.8) is 0 Å². The average molecular weight is 356 g/mol. The number of benzene rings is 1. The molecule has 1 aromatic carbocycles. The maximum Gasteiger partial charge on any atom is 0.256 e. The SMILES string of the molecule is CC(C)CCNC(=O)C1CCN(C(=O)c2ccc(F)c(F)c2F)CC1. The van der Waals surface area contributed by atoms with Crippen LogP contribution in [0.4, 0.5) is 13.2 Å². The third-order valence-electron chi connectivity index (χ3n) is 4.44. The Bertz CT molecular complexity index is 641. The van der Waals surface area contributed by atoms with E-state index in [0.29, 0.717) is 25.3 Å². The molecule has 0 radical (unpaired) electrons. The maximum absolute atomic E-state index is 13.8. The van der Waals surface area contributed by atoms with Gasteiger partial charge in [0.1, 0.15) is 0 Å². The van der Waals surface area contributed by atoms with Crippen LogP contribution in [-0.4, -0.2) is 36.3 Å². The maximum atomic E-state index is 13.8. The lowest BCUT2D eigenvalue weighted by Crippen LogP contribution is -2.43. The normalized spacial score (nSPS) is 15.5. The lowest BCUT2D eigenvalue weighted by Gasteiger charge is -2.31. The van der Waals surface area contributed by atoms with Gasteiger partial charge in [0.05, 0.1) is 5.56 Å². The van der Waals surface area contributed by atoms with Gasteiger partial charge in [0.15, 0.2) is 17.5 Å². The van der Waals surface area contributed by atoms with Crippen LogP contribution >= 0.6 is 0 Å². The largest absolute Gasteiger partial charge is 0.356 e. The second-order valence-corrected chi connectivity index (χ2v) is 6.76. The van der Waals surface area contributed by atoms with Crippen LogP contribution in [-0.2, 0) is 4.79 Å². The van der Waals surface area contributed by atoms with E-state index in [1.54, 1.807) is 0 Å². The highest BCUT2D eigenvalue weighted by atomic mass is 19.2. The molecule has 2 rings (SSSR count). The molecule has 1 saturated heterocycles. The van der Waals surface area contributed by atoms with Gasteiger partial charge in [-0.2, -0.15) is 0 Å². The average Bonchev–Trinajstić information content (AvgIpc) is 2.59. The summed E-state index contributed by atoms with van der Waals surface area (Å²) >= 11 is 0. The van der Waals surface area contributed by atoms with Crippen LogP contribution < -0.4 is 5.32 Å². The molecular formula is C18H23F3N2O2. The Morgan fingerprint density at radius 2 is 1.80 bits per heavy atom. The lowest BCUT2D eigenvalue weighted by molar-refractivity contribution is -0.126. The van der Waals surface area contributed by atoms with Crippen LogP contribution in [0.1, 0.15) is 43.5 Å². The van der Waals surface area contributed by atoms with Gasteiger partial charge in [0.25, 0.3) is 5.91 Å². The van der Waals surface area contributed by atoms with E-state index in [9.17, 15) is 22.8 Å². The third kappa shape index (κ3) is 4.74. The fraction of sp³-hybridized carbons (Fsp3) is 0.556. The fourth-order valence-corrected chi connectivity index (χ4v) is 2.83. The van der Waals surface area contributed by atoms with Gasteiger partial charge in [0, 0.05) is 25.6 Å². The van der Waals surface area contributed by atoms with Crippen molar-refractivity contribution in [2.24, 2.45) is 11.8 Å². The van der Waals surface area contributed by atoms with Gasteiger partial charge in [-0.15, -0.1) is 0 Å². The highest BCUT2D eigenvalue weighted by molar-refractivity contribution is 5.94. The van der Waals surface area contributed by atoms with Crippen LogP contribution in [0.5, 0.6) is 0 Å². The minimum Gasteiger partial charge on any atom is -0.356 e. The van der Waals surface area contributed by atoms with Crippen molar-refractivity contribution in [3.8, 4) is 0 Å². The van der Waals surface area contributed by atoms with E-state index in [1.165, 1.54) is 4.90 Å². The number of rotatable bonds is 5. The van der Waals surface area contributed by atoms with Gasteiger partial charge in [-0.1, -0.05) is 13.8 Å². The van der Waals surface area contributed by atoms with Crippen molar-refractivity contribution in [1.29, 1.82) is 0 Å². The fourth-order valence-electron chi connectivity index (χ4n) is 2.83. The molecule has 0 unspecified atom stereocenters. The first-order valence-corrected chi connectivity index (χ1v) is 8.51. The van der Waals surface area contributed by atoms with Crippen molar-refractivity contribution >= 4 is 11.8 Å². The van der Waals surface area contributed by atoms with E-state index in [0.717, 1.165) is 18.6 Å². The van der Waals surface area contributed by atoms with Crippen molar-refractivity contribution in [3.05, 3.63) is 35.1 Å². The molecule has 0 atom stereocenters. The summed E-state index contributed by atoms with van der Waals surface area (Å²) in [4.78, 5) is 25.8. The van der Waals surface area contributed by atoms with Crippen molar-refractivity contribution in [1.82, 2.24) is 10.2 Å². The van der Waals surface area contributed by atoms with E-state index in [1.807, 2.05) is 0 Å². The van der Waals surface area contributed by atoms with Gasteiger partial charge in [-0.25, -0.2) is 13.2 Å². The lowest BCUT2D eigenvalue weighted by atomic mass is 9.95. The van der Waals surface area contributed by atoms with Gasteiger partial charge < -0.3 is 10.2 Å². The Kier molecular flexibility index (Phi) is 6.45. The standard InChI is InChI=1S/C18H23F3N2O2/c1-11(2)5-8-22-17(24)12-6-9-23(10-7-12)18(25)13-3-4-14(19)16(21)15(13)20/h3-4,11-12H,5-10H2,1-2H3,(H,22,24). The molecule has 7 heteroatoms. The number of hydrogen-bond acceptors (Lipinski definition) is 2. The van der Waals surface area contributed by atoms with Crippen LogP contribution in [0.3, 0.4) is 0 Å². The molecule has 0 bridgehead atoms. The zero-order valence-corrected chi connectivity index (χ0v) is 14.4. The van der Waals surface area contributed by atoms with Crippen molar-refractivity contribution in [2.75, 3.05) is 19.6 Å². The first-order chi connectivity index (χ1) is 11.8. The van der Waals surface area contributed by atoms with Crippen LogP contribution in [0.25, 0.3) is 0 Å². The summed E-state index contributed by atoms with van der Waals surface area (Å²) in [6, 6.07) is 1.68. The molecule has 25 heavy (non-hydrogen) atoms. The third-order valence-corrected chi connectivity index (χ3v) is 4.44. The molecule has 1 N–H and O–H groups in total. The van der Waals surface area contributed by atoms with Gasteiger partial charge in [-0.3, -0.25) is 9.59 Å². The van der Waals surface area contributed by atoms with Gasteiger partial charge >= 0.3 is 0 Å². The van der Waals surface area contributed by atoms with Crippen LogP contribution in [0.15, 0.2) is 12.1 Å². The summed E-state index contributed by atoms with van der Waals surface area (Å²) in [6.07, 6.45) is 1.83. The minimum atomic E-state index is -1.65. The second-order valence-electron chi connectivity index (χ2n) is 6.76. The number of likely N-dealkylation sites (tertiary alicyclic amines) is 1. The molecule has 2 amide bonds. The summed E-state index contributed by atoms with van der Waals surface area (Å²) < 4.78 is 40.0. The first kappa shape index (κ1) is 19.3. The van der Waals surface area contributed by atoms with E-state index >= 15 is 0 Å². The van der Waals surface area contributed by atoms with Crippen LogP contribution in [0.2, 0.25) is 0 Å². The molecule has 1 aliphatic rings. The predicted molar refractivity (Wildman–Crippen MR) is 87.4 cm³/mol. The van der Waals surface area contributed by atoms with Crippen molar-refractivity contribution < 1.29 is 22.8 Å². The van der Waals surface area contributed by atoms with Crippen LogP contribution in [0, 0.1) is 29.3 Å².